The molecule has 0 aliphatic carbocycles. The number of aryl methyl sites for hydroxylation is 2. The van der Waals surface area contributed by atoms with Crippen molar-refractivity contribution in [3.8, 4) is 11.5 Å². The molecule has 0 spiro atoms. The third-order valence-corrected chi connectivity index (χ3v) is 3.40. The highest BCUT2D eigenvalue weighted by atomic mass is 16.5. The Labute approximate surface area is 140 Å². The lowest BCUT2D eigenvalue weighted by molar-refractivity contribution is 0.251. The number of rotatable bonds is 7. The van der Waals surface area contributed by atoms with Crippen molar-refractivity contribution in [2.24, 2.45) is 12.3 Å². The second-order valence-electron chi connectivity index (χ2n) is 5.10. The fourth-order valence-corrected chi connectivity index (χ4v) is 2.29. The number of urea groups is 1. The second kappa shape index (κ2) is 8.00. The van der Waals surface area contributed by atoms with Crippen molar-refractivity contribution in [3.63, 3.8) is 0 Å². The average Bonchev–Trinajstić information content (AvgIpc) is 2.83. The zero-order chi connectivity index (χ0) is 17.5. The summed E-state index contributed by atoms with van der Waals surface area (Å²) >= 11 is 0. The van der Waals surface area contributed by atoms with Crippen LogP contribution >= 0.6 is 0 Å². The number of hydrogen-bond donors (Lipinski definition) is 3. The van der Waals surface area contributed by atoms with Gasteiger partial charge in [-0.15, -0.1) is 0 Å². The molecule has 2 aromatic rings. The van der Waals surface area contributed by atoms with E-state index in [1.807, 2.05) is 43.5 Å². The number of para-hydroxylation sites is 1. The van der Waals surface area contributed by atoms with Gasteiger partial charge in [0.25, 0.3) is 0 Å². The summed E-state index contributed by atoms with van der Waals surface area (Å²) < 4.78 is 13.2. The number of anilines is 1. The van der Waals surface area contributed by atoms with Gasteiger partial charge in [0.05, 0.1) is 12.2 Å². The van der Waals surface area contributed by atoms with E-state index in [1.54, 1.807) is 17.8 Å². The van der Waals surface area contributed by atoms with E-state index in [-0.39, 0.29) is 6.61 Å². The standard InChI is InChI=1S/C16H21N5O3/c1-4-23-14-9-21(3)15(18-16(22)19-20-17)12(14)10-24-13-8-6-5-7-11(13)2/h5-9H,4,10H2,1-3H3,(H3,17,18,19,22). The summed E-state index contributed by atoms with van der Waals surface area (Å²) in [5.74, 6) is 1.92. The first-order valence-electron chi connectivity index (χ1n) is 7.49. The third kappa shape index (κ3) is 4.03. The van der Waals surface area contributed by atoms with Crippen LogP contribution < -0.4 is 20.2 Å². The summed E-state index contributed by atoms with van der Waals surface area (Å²) in [5, 5.41) is 5.50. The molecule has 24 heavy (non-hydrogen) atoms. The Morgan fingerprint density at radius 1 is 1.29 bits per heavy atom. The monoisotopic (exact) mass is 331 g/mol. The molecule has 0 radical (unpaired) electrons. The first-order valence-corrected chi connectivity index (χ1v) is 7.49. The molecule has 0 fully saturated rings. The van der Waals surface area contributed by atoms with E-state index < -0.39 is 6.03 Å². The smallest absolute Gasteiger partial charge is 0.342 e. The van der Waals surface area contributed by atoms with Crippen LogP contribution in [0.2, 0.25) is 0 Å². The Balaban J connectivity index is 2.26. The molecule has 3 N–H and O–H groups in total. The fourth-order valence-electron chi connectivity index (χ4n) is 2.29. The minimum atomic E-state index is -0.605. The van der Waals surface area contributed by atoms with Crippen molar-refractivity contribution in [1.82, 2.24) is 9.99 Å². The molecule has 0 aliphatic rings. The lowest BCUT2D eigenvalue weighted by atomic mass is 10.2. The van der Waals surface area contributed by atoms with Gasteiger partial charge >= 0.3 is 6.03 Å². The predicted molar refractivity (Wildman–Crippen MR) is 89.4 cm³/mol. The molecule has 1 aromatic carbocycles. The molecule has 1 aromatic heterocycles. The summed E-state index contributed by atoms with van der Waals surface area (Å²) in [5.41, 5.74) is 10.4. The zero-order valence-corrected chi connectivity index (χ0v) is 13.9. The largest absolute Gasteiger partial charge is 0.492 e. The number of carbonyl (C=O) groups is 1. The number of hydrogen-bond acceptors (Lipinski definition) is 5. The van der Waals surface area contributed by atoms with Crippen LogP contribution in [0.4, 0.5) is 10.6 Å². The van der Waals surface area contributed by atoms with Crippen molar-refractivity contribution < 1.29 is 14.3 Å². The van der Waals surface area contributed by atoms with Gasteiger partial charge in [-0.25, -0.2) is 10.2 Å². The number of ether oxygens (including phenoxy) is 2. The summed E-state index contributed by atoms with van der Waals surface area (Å²) in [4.78, 5) is 11.7. The summed E-state index contributed by atoms with van der Waals surface area (Å²) in [7, 11) is 1.78. The molecular formula is C16H21N5O3. The molecule has 0 saturated heterocycles. The molecular weight excluding hydrogens is 310 g/mol. The highest BCUT2D eigenvalue weighted by Crippen LogP contribution is 2.31. The number of amides is 2. The van der Waals surface area contributed by atoms with E-state index in [1.165, 1.54) is 0 Å². The van der Waals surface area contributed by atoms with Crippen molar-refractivity contribution in [2.45, 2.75) is 20.5 Å². The third-order valence-electron chi connectivity index (χ3n) is 3.40. The number of benzene rings is 1. The Morgan fingerprint density at radius 3 is 2.71 bits per heavy atom. The van der Waals surface area contributed by atoms with Crippen molar-refractivity contribution in [2.75, 3.05) is 11.9 Å². The Kier molecular flexibility index (Phi) is 5.78. The Hall–Kier alpha value is -3.03. The molecule has 0 bridgehead atoms. The first kappa shape index (κ1) is 17.3. The van der Waals surface area contributed by atoms with Crippen LogP contribution in [0.15, 0.2) is 35.7 Å². The van der Waals surface area contributed by atoms with Gasteiger partial charge in [-0.1, -0.05) is 23.4 Å². The van der Waals surface area contributed by atoms with Crippen LogP contribution in [0.25, 0.3) is 0 Å². The highest BCUT2D eigenvalue weighted by molar-refractivity contribution is 5.89. The van der Waals surface area contributed by atoms with Gasteiger partial charge in [-0.3, -0.25) is 5.32 Å². The second-order valence-corrected chi connectivity index (χ2v) is 5.10. The van der Waals surface area contributed by atoms with Crippen LogP contribution in [0.1, 0.15) is 18.1 Å². The van der Waals surface area contributed by atoms with E-state index in [0.717, 1.165) is 11.3 Å². The van der Waals surface area contributed by atoms with Crippen LogP contribution in [-0.2, 0) is 13.7 Å². The summed E-state index contributed by atoms with van der Waals surface area (Å²) in [6.45, 7) is 4.58. The summed E-state index contributed by atoms with van der Waals surface area (Å²) in [6.07, 6.45) is 1.77. The molecule has 1 heterocycles. The first-order chi connectivity index (χ1) is 11.6. The number of aromatic nitrogens is 1. The molecule has 0 unspecified atom stereocenters. The minimum Gasteiger partial charge on any atom is -0.492 e. The van der Waals surface area contributed by atoms with Gasteiger partial charge < -0.3 is 14.0 Å². The molecule has 2 rings (SSSR count). The van der Waals surface area contributed by atoms with Crippen LogP contribution in [0.3, 0.4) is 0 Å². The Morgan fingerprint density at radius 2 is 2.04 bits per heavy atom. The summed E-state index contributed by atoms with van der Waals surface area (Å²) in [6, 6.07) is 7.09. The average molecular weight is 331 g/mol. The van der Waals surface area contributed by atoms with Crippen molar-refractivity contribution >= 4 is 11.8 Å². The molecule has 8 heteroatoms. The minimum absolute atomic E-state index is 0.231. The SMILES string of the molecule is CCOc1cn(C)c(NC(=O)NN=N)c1COc1ccccc1C. The number of nitrogens with one attached hydrogen (secondary N) is 3. The van der Waals surface area contributed by atoms with E-state index in [4.69, 9.17) is 15.0 Å². The highest BCUT2D eigenvalue weighted by Gasteiger charge is 2.18. The van der Waals surface area contributed by atoms with Gasteiger partial charge in [0, 0.05) is 13.2 Å². The number of nitrogens with zero attached hydrogens (tertiary/aromatic N) is 2. The zero-order valence-electron chi connectivity index (χ0n) is 13.9. The lowest BCUT2D eigenvalue weighted by Gasteiger charge is -2.12. The molecule has 0 saturated carbocycles. The van der Waals surface area contributed by atoms with Gasteiger partial charge in [-0.05, 0) is 25.5 Å². The fraction of sp³-hybridized carbons (Fsp3) is 0.312. The van der Waals surface area contributed by atoms with Crippen LogP contribution in [0.5, 0.6) is 11.5 Å². The predicted octanol–water partition coefficient (Wildman–Crippen LogP) is 3.38. The van der Waals surface area contributed by atoms with Crippen molar-refractivity contribution in [3.05, 3.63) is 41.6 Å². The molecule has 0 aliphatic heterocycles. The van der Waals surface area contributed by atoms with Gasteiger partial charge in [0.15, 0.2) is 0 Å². The topological polar surface area (TPSA) is 101 Å². The molecule has 0 atom stereocenters. The quantitative estimate of drug-likeness (QED) is 0.535. The van der Waals surface area contributed by atoms with E-state index >= 15 is 0 Å². The maximum Gasteiger partial charge on any atom is 0.342 e. The van der Waals surface area contributed by atoms with E-state index in [2.05, 4.69) is 10.5 Å². The Bertz CT molecular complexity index is 726. The van der Waals surface area contributed by atoms with Crippen molar-refractivity contribution in [1.29, 1.82) is 5.53 Å². The van der Waals surface area contributed by atoms with Crippen LogP contribution in [-0.4, -0.2) is 17.2 Å². The van der Waals surface area contributed by atoms with Gasteiger partial charge in [-0.2, -0.15) is 5.53 Å². The maximum atomic E-state index is 11.7. The van der Waals surface area contributed by atoms with Gasteiger partial charge in [0.1, 0.15) is 23.9 Å². The normalized spacial score (nSPS) is 10.1. The maximum absolute atomic E-state index is 11.7. The molecule has 2 amide bonds. The van der Waals surface area contributed by atoms with Gasteiger partial charge in [0.2, 0.25) is 0 Å². The van der Waals surface area contributed by atoms with E-state index in [9.17, 15) is 4.79 Å². The van der Waals surface area contributed by atoms with Crippen LogP contribution in [0, 0.1) is 12.5 Å². The molecule has 128 valence electrons. The lowest BCUT2D eigenvalue weighted by Crippen LogP contribution is -2.25. The molecule has 8 nitrogen and oxygen atoms in total. The number of carbonyl (C=O) groups excluding carboxylic acids is 1. The van der Waals surface area contributed by atoms with E-state index in [0.29, 0.717) is 23.7 Å².